The SMILES string of the molecule is Cc1ncc(COC[C@H]2O[C@@H](O)[C@H](O)[C@@H](O)[C@@H]2O)c(CO)c1O. The Kier molecular flexibility index (Phi) is 5.87. The molecule has 0 saturated carbocycles. The first-order valence-electron chi connectivity index (χ1n) is 7.09. The van der Waals surface area contributed by atoms with E-state index in [2.05, 4.69) is 4.98 Å². The largest absolute Gasteiger partial charge is 0.506 e. The summed E-state index contributed by atoms with van der Waals surface area (Å²) in [6.45, 7) is 0.999. The minimum atomic E-state index is -1.62. The van der Waals surface area contributed by atoms with Crippen LogP contribution in [0.5, 0.6) is 5.75 Å². The predicted octanol–water partition coefficient (Wildman–Crippen LogP) is -2.10. The third-order valence-corrected chi connectivity index (χ3v) is 3.82. The lowest BCUT2D eigenvalue weighted by atomic mass is 9.99. The summed E-state index contributed by atoms with van der Waals surface area (Å²) in [5, 5.41) is 57.3. The van der Waals surface area contributed by atoms with Crippen LogP contribution in [-0.4, -0.2) is 72.9 Å². The van der Waals surface area contributed by atoms with Gasteiger partial charge in [0.25, 0.3) is 0 Å². The average molecular weight is 331 g/mol. The fourth-order valence-corrected chi connectivity index (χ4v) is 2.34. The molecule has 6 N–H and O–H groups in total. The Morgan fingerprint density at radius 3 is 2.52 bits per heavy atom. The molecule has 5 atom stereocenters. The Balaban J connectivity index is 1.96. The fourth-order valence-electron chi connectivity index (χ4n) is 2.34. The van der Waals surface area contributed by atoms with Crippen molar-refractivity contribution in [3.63, 3.8) is 0 Å². The van der Waals surface area contributed by atoms with Crippen molar-refractivity contribution >= 4 is 0 Å². The van der Waals surface area contributed by atoms with Gasteiger partial charge in [0.1, 0.15) is 30.2 Å². The molecule has 9 heteroatoms. The van der Waals surface area contributed by atoms with E-state index in [9.17, 15) is 30.6 Å². The number of ether oxygens (including phenoxy) is 2. The summed E-state index contributed by atoms with van der Waals surface area (Å²) in [5.41, 5.74) is 1.13. The first kappa shape index (κ1) is 18.0. The zero-order valence-electron chi connectivity index (χ0n) is 12.5. The normalized spacial score (nSPS) is 31.3. The van der Waals surface area contributed by atoms with Gasteiger partial charge in [-0.05, 0) is 6.92 Å². The lowest BCUT2D eigenvalue weighted by molar-refractivity contribution is -0.289. The van der Waals surface area contributed by atoms with Crippen LogP contribution in [0.1, 0.15) is 16.8 Å². The summed E-state index contributed by atoms with van der Waals surface area (Å²) in [5.74, 6) is -0.114. The Morgan fingerprint density at radius 2 is 1.87 bits per heavy atom. The fraction of sp³-hybridized carbons (Fsp3) is 0.643. The van der Waals surface area contributed by atoms with Gasteiger partial charge in [0, 0.05) is 17.3 Å². The summed E-state index contributed by atoms with van der Waals surface area (Å²) < 4.78 is 10.3. The smallest absolute Gasteiger partial charge is 0.184 e. The Morgan fingerprint density at radius 1 is 1.17 bits per heavy atom. The van der Waals surface area contributed by atoms with E-state index in [0.29, 0.717) is 11.3 Å². The first-order chi connectivity index (χ1) is 10.9. The topological polar surface area (TPSA) is 153 Å². The van der Waals surface area contributed by atoms with Gasteiger partial charge < -0.3 is 40.1 Å². The van der Waals surface area contributed by atoms with E-state index < -0.39 is 30.7 Å². The quantitative estimate of drug-likeness (QED) is 0.356. The van der Waals surface area contributed by atoms with E-state index in [1.807, 2.05) is 0 Å². The van der Waals surface area contributed by atoms with Crippen LogP contribution in [0.2, 0.25) is 0 Å². The highest BCUT2D eigenvalue weighted by atomic mass is 16.6. The monoisotopic (exact) mass is 331 g/mol. The van der Waals surface area contributed by atoms with Gasteiger partial charge in [-0.2, -0.15) is 0 Å². The molecule has 0 unspecified atom stereocenters. The lowest BCUT2D eigenvalue weighted by Gasteiger charge is -2.38. The zero-order chi connectivity index (χ0) is 17.1. The number of hydrogen-bond acceptors (Lipinski definition) is 9. The van der Waals surface area contributed by atoms with Gasteiger partial charge in [-0.1, -0.05) is 0 Å². The van der Waals surface area contributed by atoms with Gasteiger partial charge in [0.2, 0.25) is 0 Å². The molecule has 0 amide bonds. The molecule has 1 aliphatic rings. The van der Waals surface area contributed by atoms with Crippen molar-refractivity contribution in [2.24, 2.45) is 0 Å². The molecule has 23 heavy (non-hydrogen) atoms. The molecule has 1 aromatic heterocycles. The number of rotatable bonds is 5. The molecule has 1 aromatic rings. The number of hydrogen-bond donors (Lipinski definition) is 6. The molecule has 0 bridgehead atoms. The maximum absolute atomic E-state index is 9.83. The van der Waals surface area contributed by atoms with Crippen LogP contribution < -0.4 is 0 Å². The predicted molar refractivity (Wildman–Crippen MR) is 75.1 cm³/mol. The maximum Gasteiger partial charge on any atom is 0.184 e. The minimum Gasteiger partial charge on any atom is -0.506 e. The van der Waals surface area contributed by atoms with Crippen LogP contribution in [0.4, 0.5) is 0 Å². The van der Waals surface area contributed by atoms with Gasteiger partial charge in [0.15, 0.2) is 6.29 Å². The number of pyridine rings is 1. The summed E-state index contributed by atoms with van der Waals surface area (Å²) in [6, 6.07) is 0. The van der Waals surface area contributed by atoms with E-state index in [1.165, 1.54) is 6.20 Å². The van der Waals surface area contributed by atoms with E-state index in [0.717, 1.165) is 0 Å². The number of aromatic hydroxyl groups is 1. The lowest BCUT2D eigenvalue weighted by Crippen LogP contribution is -2.58. The maximum atomic E-state index is 9.83. The zero-order valence-corrected chi connectivity index (χ0v) is 12.5. The van der Waals surface area contributed by atoms with Crippen LogP contribution in [0, 0.1) is 6.92 Å². The summed E-state index contributed by atoms with van der Waals surface area (Å²) in [7, 11) is 0. The van der Waals surface area contributed by atoms with Crippen LogP contribution in [0.3, 0.4) is 0 Å². The third-order valence-electron chi connectivity index (χ3n) is 3.82. The van der Waals surface area contributed by atoms with Gasteiger partial charge >= 0.3 is 0 Å². The Bertz CT molecular complexity index is 540. The average Bonchev–Trinajstić information content (AvgIpc) is 2.53. The molecule has 130 valence electrons. The van der Waals surface area contributed by atoms with Crippen LogP contribution in [0.15, 0.2) is 6.20 Å². The molecule has 0 aromatic carbocycles. The molecule has 9 nitrogen and oxygen atoms in total. The van der Waals surface area contributed by atoms with E-state index in [4.69, 9.17) is 9.47 Å². The second-order valence-electron chi connectivity index (χ2n) is 5.41. The molecular formula is C14H21NO8. The second-order valence-corrected chi connectivity index (χ2v) is 5.41. The number of aliphatic hydroxyl groups excluding tert-OH is 5. The number of aromatic nitrogens is 1. The summed E-state index contributed by atoms with van der Waals surface area (Å²) >= 11 is 0. The molecular weight excluding hydrogens is 310 g/mol. The first-order valence-corrected chi connectivity index (χ1v) is 7.09. The van der Waals surface area contributed by atoms with E-state index in [1.54, 1.807) is 6.92 Å². The molecule has 0 aliphatic carbocycles. The summed E-state index contributed by atoms with van der Waals surface area (Å²) in [4.78, 5) is 3.97. The molecule has 0 spiro atoms. The highest BCUT2D eigenvalue weighted by Crippen LogP contribution is 2.25. The third kappa shape index (κ3) is 3.78. The number of aliphatic hydroxyl groups is 5. The van der Waals surface area contributed by atoms with Crippen LogP contribution in [0.25, 0.3) is 0 Å². The van der Waals surface area contributed by atoms with Crippen molar-refractivity contribution in [3.05, 3.63) is 23.0 Å². The Hall–Kier alpha value is -1.33. The van der Waals surface area contributed by atoms with Gasteiger partial charge in [0.05, 0.1) is 25.5 Å². The molecule has 1 aliphatic heterocycles. The molecule has 0 radical (unpaired) electrons. The van der Waals surface area contributed by atoms with Gasteiger partial charge in [-0.15, -0.1) is 0 Å². The molecule has 1 saturated heterocycles. The van der Waals surface area contributed by atoms with Crippen molar-refractivity contribution in [2.75, 3.05) is 6.61 Å². The highest BCUT2D eigenvalue weighted by molar-refractivity contribution is 5.39. The highest BCUT2D eigenvalue weighted by Gasteiger charge is 2.42. The minimum absolute atomic E-state index is 0.0297. The molecule has 2 rings (SSSR count). The van der Waals surface area contributed by atoms with Crippen molar-refractivity contribution in [1.82, 2.24) is 4.98 Å². The van der Waals surface area contributed by atoms with Gasteiger partial charge in [-0.3, -0.25) is 4.98 Å². The van der Waals surface area contributed by atoms with Crippen molar-refractivity contribution < 1.29 is 40.1 Å². The van der Waals surface area contributed by atoms with Crippen molar-refractivity contribution in [3.8, 4) is 5.75 Å². The Labute approximate surface area is 132 Å². The van der Waals surface area contributed by atoms with Crippen molar-refractivity contribution in [1.29, 1.82) is 0 Å². The van der Waals surface area contributed by atoms with E-state index >= 15 is 0 Å². The van der Waals surface area contributed by atoms with Crippen molar-refractivity contribution in [2.45, 2.75) is 50.8 Å². The van der Waals surface area contributed by atoms with Crippen LogP contribution >= 0.6 is 0 Å². The van der Waals surface area contributed by atoms with E-state index in [-0.39, 0.29) is 31.1 Å². The van der Waals surface area contributed by atoms with Gasteiger partial charge in [-0.25, -0.2) is 0 Å². The second kappa shape index (κ2) is 7.49. The van der Waals surface area contributed by atoms with Crippen LogP contribution in [-0.2, 0) is 22.7 Å². The number of nitrogens with zero attached hydrogens (tertiary/aromatic N) is 1. The molecule has 1 fully saturated rings. The molecule has 2 heterocycles. The number of aryl methyl sites for hydroxylation is 1. The summed E-state index contributed by atoms with van der Waals surface area (Å²) in [6.07, 6.45) is -5.78. The standard InChI is InChI=1S/C14H21NO8/c1-6-10(17)8(3-16)7(2-15-6)4-22-5-9-11(18)12(19)13(20)14(21)23-9/h2,9,11-14,16-21H,3-5H2,1H3/t9-,11-,12+,13-,14-/m1/s1.